The van der Waals surface area contributed by atoms with Gasteiger partial charge in [-0.25, -0.2) is 9.97 Å². The van der Waals surface area contributed by atoms with Gasteiger partial charge in [-0.2, -0.15) is 0 Å². The molecule has 6 heteroatoms. The fourth-order valence-corrected chi connectivity index (χ4v) is 2.84. The van der Waals surface area contributed by atoms with E-state index < -0.39 is 0 Å². The van der Waals surface area contributed by atoms with Crippen molar-refractivity contribution < 1.29 is 4.79 Å². The number of carbonyl (C=O) groups is 1. The third-order valence-electron chi connectivity index (χ3n) is 2.79. The summed E-state index contributed by atoms with van der Waals surface area (Å²) < 4.78 is 1.02. The molecule has 0 aliphatic carbocycles. The number of hydrogen-bond donors (Lipinski definition) is 2. The number of nitrogens with zero attached hydrogens (tertiary/aromatic N) is 2. The molecule has 5 nitrogen and oxygen atoms in total. The number of fused-ring (bicyclic) bond motifs is 1. The minimum Gasteiger partial charge on any atom is -0.384 e. The minimum atomic E-state index is -0.119. The van der Waals surface area contributed by atoms with E-state index in [0.717, 1.165) is 21.3 Å². The van der Waals surface area contributed by atoms with Gasteiger partial charge in [0.2, 0.25) is 5.91 Å². The number of carbonyl (C=O) groups excluding carboxylic acids is 1. The summed E-state index contributed by atoms with van der Waals surface area (Å²) >= 11 is 1.45. The summed E-state index contributed by atoms with van der Waals surface area (Å²) in [4.78, 5) is 19.5. The van der Waals surface area contributed by atoms with E-state index in [1.54, 1.807) is 12.3 Å². The summed E-state index contributed by atoms with van der Waals surface area (Å²) in [5, 5.41) is 3.31. The zero-order valence-electron chi connectivity index (χ0n) is 10.8. The second kappa shape index (κ2) is 4.90. The van der Waals surface area contributed by atoms with Gasteiger partial charge in [0.1, 0.15) is 5.82 Å². The molecule has 0 saturated carbocycles. The molecule has 100 valence electrons. The van der Waals surface area contributed by atoms with Crippen molar-refractivity contribution in [3.8, 4) is 11.1 Å². The first-order chi connectivity index (χ1) is 9.61. The Bertz CT molecular complexity index is 779. The first-order valence-corrected chi connectivity index (χ1v) is 6.83. The predicted octanol–water partition coefficient (Wildman–Crippen LogP) is 2.90. The third-order valence-corrected chi connectivity index (χ3v) is 3.72. The SMILES string of the molecule is CC(=O)Nc1nc2ccc(-c3ccc(N)nc3)cc2s1. The number of aromatic nitrogens is 2. The molecule has 0 aliphatic rings. The van der Waals surface area contributed by atoms with Gasteiger partial charge in [-0.3, -0.25) is 4.79 Å². The molecule has 2 aromatic heterocycles. The van der Waals surface area contributed by atoms with Crippen LogP contribution in [-0.2, 0) is 4.79 Å². The van der Waals surface area contributed by atoms with E-state index in [1.165, 1.54) is 18.3 Å². The average molecular weight is 284 g/mol. The van der Waals surface area contributed by atoms with Crippen LogP contribution in [0.2, 0.25) is 0 Å². The lowest BCUT2D eigenvalue weighted by atomic mass is 10.1. The van der Waals surface area contributed by atoms with Gasteiger partial charge in [-0.15, -0.1) is 0 Å². The van der Waals surface area contributed by atoms with E-state index in [4.69, 9.17) is 5.73 Å². The molecule has 0 saturated heterocycles. The maximum atomic E-state index is 11.0. The molecule has 3 N–H and O–H groups in total. The summed E-state index contributed by atoms with van der Waals surface area (Å²) in [6.45, 7) is 1.47. The summed E-state index contributed by atoms with van der Waals surface area (Å²) in [6, 6.07) is 9.65. The summed E-state index contributed by atoms with van der Waals surface area (Å²) in [5.41, 5.74) is 8.49. The first kappa shape index (κ1) is 12.6. The largest absolute Gasteiger partial charge is 0.384 e. The smallest absolute Gasteiger partial charge is 0.223 e. The van der Waals surface area contributed by atoms with Crippen molar-refractivity contribution >= 4 is 38.4 Å². The number of anilines is 2. The number of nitrogens with one attached hydrogen (secondary N) is 1. The van der Waals surface area contributed by atoms with Crippen molar-refractivity contribution in [3.63, 3.8) is 0 Å². The Labute approximate surface area is 119 Å². The molecular weight excluding hydrogens is 272 g/mol. The number of hydrogen-bond acceptors (Lipinski definition) is 5. The van der Waals surface area contributed by atoms with Crippen LogP contribution in [0.4, 0.5) is 10.9 Å². The van der Waals surface area contributed by atoms with Crippen LogP contribution >= 0.6 is 11.3 Å². The van der Waals surface area contributed by atoms with Crippen LogP contribution in [0, 0.1) is 0 Å². The van der Waals surface area contributed by atoms with Crippen molar-refractivity contribution in [2.45, 2.75) is 6.92 Å². The zero-order chi connectivity index (χ0) is 14.1. The molecule has 0 bridgehead atoms. The number of rotatable bonds is 2. The van der Waals surface area contributed by atoms with Crippen LogP contribution in [0.3, 0.4) is 0 Å². The zero-order valence-corrected chi connectivity index (χ0v) is 11.6. The van der Waals surface area contributed by atoms with Crippen molar-refractivity contribution in [1.29, 1.82) is 0 Å². The second-order valence-electron chi connectivity index (χ2n) is 4.35. The second-order valence-corrected chi connectivity index (χ2v) is 5.39. The highest BCUT2D eigenvalue weighted by Gasteiger charge is 2.07. The number of benzene rings is 1. The summed E-state index contributed by atoms with van der Waals surface area (Å²) in [5.74, 6) is 0.382. The minimum absolute atomic E-state index is 0.119. The lowest BCUT2D eigenvalue weighted by molar-refractivity contribution is -0.114. The predicted molar refractivity (Wildman–Crippen MR) is 81.6 cm³/mol. The Kier molecular flexibility index (Phi) is 3.08. The van der Waals surface area contributed by atoms with Gasteiger partial charge in [0.25, 0.3) is 0 Å². The molecule has 0 atom stereocenters. The van der Waals surface area contributed by atoms with Crippen LogP contribution in [0.25, 0.3) is 21.3 Å². The molecular formula is C14H12N4OS. The lowest BCUT2D eigenvalue weighted by Crippen LogP contribution is -2.04. The molecule has 0 fully saturated rings. The molecule has 0 unspecified atom stereocenters. The van der Waals surface area contributed by atoms with E-state index in [2.05, 4.69) is 15.3 Å². The molecule has 1 aromatic carbocycles. The van der Waals surface area contributed by atoms with Crippen LogP contribution < -0.4 is 11.1 Å². The molecule has 2 heterocycles. The van der Waals surface area contributed by atoms with Gasteiger partial charge in [-0.1, -0.05) is 17.4 Å². The van der Waals surface area contributed by atoms with Crippen LogP contribution in [0.5, 0.6) is 0 Å². The number of amides is 1. The van der Waals surface area contributed by atoms with Crippen LogP contribution in [0.15, 0.2) is 36.5 Å². The van der Waals surface area contributed by atoms with Crippen LogP contribution in [0.1, 0.15) is 6.92 Å². The molecule has 3 aromatic rings. The van der Waals surface area contributed by atoms with Crippen molar-refractivity contribution in [2.75, 3.05) is 11.1 Å². The summed E-state index contributed by atoms with van der Waals surface area (Å²) in [6.07, 6.45) is 1.74. The van der Waals surface area contributed by atoms with Gasteiger partial charge in [-0.05, 0) is 29.8 Å². The number of nitrogen functional groups attached to an aromatic ring is 1. The Balaban J connectivity index is 2.01. The molecule has 0 radical (unpaired) electrons. The number of pyridine rings is 1. The monoisotopic (exact) mass is 284 g/mol. The van der Waals surface area contributed by atoms with Gasteiger partial charge in [0, 0.05) is 18.7 Å². The van der Waals surface area contributed by atoms with Gasteiger partial charge in [0.05, 0.1) is 10.2 Å². The average Bonchev–Trinajstić information content (AvgIpc) is 2.79. The standard InChI is InChI=1S/C14H12N4OS/c1-8(19)17-14-18-11-4-2-9(6-12(11)20-14)10-3-5-13(15)16-7-10/h2-7H,1H3,(H2,15,16)(H,17,18,19). The normalized spacial score (nSPS) is 10.7. The Morgan fingerprint density at radius 1 is 1.25 bits per heavy atom. The third kappa shape index (κ3) is 2.46. The first-order valence-electron chi connectivity index (χ1n) is 6.02. The molecule has 0 aliphatic heterocycles. The van der Waals surface area contributed by atoms with Crippen molar-refractivity contribution in [3.05, 3.63) is 36.5 Å². The molecule has 20 heavy (non-hydrogen) atoms. The maximum Gasteiger partial charge on any atom is 0.223 e. The highest BCUT2D eigenvalue weighted by molar-refractivity contribution is 7.22. The molecule has 1 amide bonds. The van der Waals surface area contributed by atoms with E-state index in [9.17, 15) is 4.79 Å². The molecule has 0 spiro atoms. The van der Waals surface area contributed by atoms with Crippen molar-refractivity contribution in [2.24, 2.45) is 0 Å². The van der Waals surface area contributed by atoms with Crippen LogP contribution in [-0.4, -0.2) is 15.9 Å². The Hall–Kier alpha value is -2.47. The number of thiazole rings is 1. The number of nitrogens with two attached hydrogens (primary N) is 1. The highest BCUT2D eigenvalue weighted by Crippen LogP contribution is 2.30. The summed E-state index contributed by atoms with van der Waals surface area (Å²) in [7, 11) is 0. The van der Waals surface area contributed by atoms with Crippen molar-refractivity contribution in [1.82, 2.24) is 9.97 Å². The fraction of sp³-hybridized carbons (Fsp3) is 0.0714. The highest BCUT2D eigenvalue weighted by atomic mass is 32.1. The van der Waals surface area contributed by atoms with E-state index in [0.29, 0.717) is 10.9 Å². The topological polar surface area (TPSA) is 80.9 Å². The Morgan fingerprint density at radius 2 is 2.05 bits per heavy atom. The fourth-order valence-electron chi connectivity index (χ4n) is 1.88. The van der Waals surface area contributed by atoms with E-state index in [-0.39, 0.29) is 5.91 Å². The van der Waals surface area contributed by atoms with Gasteiger partial charge < -0.3 is 11.1 Å². The maximum absolute atomic E-state index is 11.0. The van der Waals surface area contributed by atoms with Gasteiger partial charge in [0.15, 0.2) is 5.13 Å². The lowest BCUT2D eigenvalue weighted by Gasteiger charge is -2.01. The van der Waals surface area contributed by atoms with E-state index >= 15 is 0 Å². The van der Waals surface area contributed by atoms with E-state index in [1.807, 2.05) is 24.3 Å². The Morgan fingerprint density at radius 3 is 2.75 bits per heavy atom. The van der Waals surface area contributed by atoms with Gasteiger partial charge >= 0.3 is 0 Å². The molecule has 3 rings (SSSR count). The quantitative estimate of drug-likeness (QED) is 0.758.